The molecule has 80 valence electrons. The molecule has 4 nitrogen and oxygen atoms in total. The summed E-state index contributed by atoms with van der Waals surface area (Å²) >= 11 is 4.92. The van der Waals surface area contributed by atoms with E-state index in [2.05, 4.69) is 31.4 Å². The average molecular weight is 288 g/mol. The van der Waals surface area contributed by atoms with E-state index < -0.39 is 0 Å². The second-order valence-corrected chi connectivity index (χ2v) is 4.74. The minimum absolute atomic E-state index is 0.707. The zero-order valence-corrected chi connectivity index (χ0v) is 10.6. The summed E-state index contributed by atoms with van der Waals surface area (Å²) in [5, 5.41) is 13.2. The van der Waals surface area contributed by atoms with Crippen LogP contribution in [0.5, 0.6) is 0 Å². The Kier molecular flexibility index (Phi) is 3.50. The smallest absolute Gasteiger partial charge is 0.179 e. The number of hydrogen-bond acceptors (Lipinski definition) is 5. The molecule has 0 atom stereocenters. The van der Waals surface area contributed by atoms with Gasteiger partial charge in [-0.25, -0.2) is 0 Å². The van der Waals surface area contributed by atoms with Crippen LogP contribution in [0.15, 0.2) is 21.4 Å². The number of furan rings is 1. The number of aromatic nitrogens is 2. The fourth-order valence-corrected chi connectivity index (χ4v) is 2.56. The lowest BCUT2D eigenvalue weighted by molar-refractivity contribution is 0.542. The van der Waals surface area contributed by atoms with Gasteiger partial charge in [0.2, 0.25) is 0 Å². The van der Waals surface area contributed by atoms with E-state index in [0.29, 0.717) is 4.67 Å². The molecule has 0 saturated carbocycles. The van der Waals surface area contributed by atoms with Gasteiger partial charge in [-0.15, -0.1) is 10.2 Å². The maximum Gasteiger partial charge on any atom is 0.179 e. The topological polar surface area (TPSA) is 51.0 Å². The molecule has 1 N–H and O–H groups in total. The molecule has 0 aliphatic carbocycles. The van der Waals surface area contributed by atoms with Crippen molar-refractivity contribution in [3.63, 3.8) is 0 Å². The van der Waals surface area contributed by atoms with Crippen LogP contribution in [0.2, 0.25) is 0 Å². The van der Waals surface area contributed by atoms with E-state index in [1.54, 1.807) is 17.6 Å². The van der Waals surface area contributed by atoms with Crippen LogP contribution in [0.25, 0.3) is 10.6 Å². The van der Waals surface area contributed by atoms with Gasteiger partial charge in [-0.1, -0.05) is 11.3 Å². The zero-order chi connectivity index (χ0) is 10.7. The van der Waals surface area contributed by atoms with Gasteiger partial charge in [-0.2, -0.15) is 0 Å². The van der Waals surface area contributed by atoms with Gasteiger partial charge in [0.15, 0.2) is 9.68 Å². The molecule has 0 unspecified atom stereocenters. The molecule has 2 aromatic heterocycles. The first-order valence-electron chi connectivity index (χ1n) is 4.51. The number of nitrogens with one attached hydrogen (secondary N) is 1. The molecule has 2 rings (SSSR count). The van der Waals surface area contributed by atoms with E-state index in [4.69, 9.17) is 4.42 Å². The van der Waals surface area contributed by atoms with Gasteiger partial charge in [0, 0.05) is 13.0 Å². The minimum atomic E-state index is 0.707. The molecule has 15 heavy (non-hydrogen) atoms. The van der Waals surface area contributed by atoms with E-state index >= 15 is 0 Å². The van der Waals surface area contributed by atoms with Crippen molar-refractivity contribution in [2.45, 2.75) is 6.42 Å². The Hall–Kier alpha value is -0.720. The Morgan fingerprint density at radius 3 is 3.07 bits per heavy atom. The number of nitrogens with zero attached hydrogens (tertiary/aromatic N) is 2. The lowest BCUT2D eigenvalue weighted by atomic mass is 10.4. The summed E-state index contributed by atoms with van der Waals surface area (Å²) < 4.78 is 5.86. The minimum Gasteiger partial charge on any atom is -0.457 e. The SMILES string of the molecule is CNCCc1nnc(-c2ccoc2Br)s1. The van der Waals surface area contributed by atoms with Gasteiger partial charge in [-0.3, -0.25) is 0 Å². The molecule has 6 heteroatoms. The van der Waals surface area contributed by atoms with Gasteiger partial charge >= 0.3 is 0 Å². The summed E-state index contributed by atoms with van der Waals surface area (Å²) in [6, 6.07) is 1.88. The van der Waals surface area contributed by atoms with Crippen LogP contribution in [0.4, 0.5) is 0 Å². The molecular weight excluding hydrogens is 278 g/mol. The predicted octanol–water partition coefficient (Wildman–Crippen LogP) is 2.32. The number of likely N-dealkylation sites (N-methyl/N-ethyl adjacent to an activating group) is 1. The third-order valence-corrected chi connectivity index (χ3v) is 3.53. The first kappa shape index (κ1) is 10.8. The highest BCUT2D eigenvalue weighted by Crippen LogP contribution is 2.31. The van der Waals surface area contributed by atoms with E-state index in [-0.39, 0.29) is 0 Å². The van der Waals surface area contributed by atoms with Crippen molar-refractivity contribution in [2.24, 2.45) is 0 Å². The lowest BCUT2D eigenvalue weighted by Gasteiger charge is -1.91. The van der Waals surface area contributed by atoms with Crippen LogP contribution in [-0.4, -0.2) is 23.8 Å². The van der Waals surface area contributed by atoms with Crippen LogP contribution < -0.4 is 5.32 Å². The van der Waals surface area contributed by atoms with E-state index in [1.807, 2.05) is 13.1 Å². The summed E-state index contributed by atoms with van der Waals surface area (Å²) in [5.74, 6) is 0. The van der Waals surface area contributed by atoms with Crippen LogP contribution in [-0.2, 0) is 6.42 Å². The van der Waals surface area contributed by atoms with E-state index in [9.17, 15) is 0 Å². The Bertz CT molecular complexity index is 440. The predicted molar refractivity (Wildman–Crippen MR) is 62.9 cm³/mol. The molecular formula is C9H10BrN3OS. The largest absolute Gasteiger partial charge is 0.457 e. The summed E-state index contributed by atoms with van der Waals surface area (Å²) in [5.41, 5.74) is 0.961. The molecule has 0 spiro atoms. The van der Waals surface area contributed by atoms with E-state index in [1.165, 1.54) is 0 Å². The monoisotopic (exact) mass is 287 g/mol. The molecule has 0 aliphatic rings. The molecule has 0 aliphatic heterocycles. The Labute approximate surface area is 99.8 Å². The third-order valence-electron chi connectivity index (χ3n) is 1.90. The second kappa shape index (κ2) is 4.87. The van der Waals surface area contributed by atoms with Crippen molar-refractivity contribution in [1.29, 1.82) is 0 Å². The van der Waals surface area contributed by atoms with Gasteiger partial charge in [0.25, 0.3) is 0 Å². The van der Waals surface area contributed by atoms with Crippen molar-refractivity contribution in [1.82, 2.24) is 15.5 Å². The summed E-state index contributed by atoms with van der Waals surface area (Å²) in [7, 11) is 1.93. The highest BCUT2D eigenvalue weighted by Gasteiger charge is 2.11. The highest BCUT2D eigenvalue weighted by atomic mass is 79.9. The zero-order valence-electron chi connectivity index (χ0n) is 8.16. The third kappa shape index (κ3) is 2.45. The highest BCUT2D eigenvalue weighted by molar-refractivity contribution is 9.10. The lowest BCUT2D eigenvalue weighted by Crippen LogP contribution is -2.09. The fourth-order valence-electron chi connectivity index (χ4n) is 1.14. The first-order valence-corrected chi connectivity index (χ1v) is 6.12. The van der Waals surface area contributed by atoms with Crippen molar-refractivity contribution in [2.75, 3.05) is 13.6 Å². The Morgan fingerprint density at radius 1 is 1.53 bits per heavy atom. The second-order valence-electron chi connectivity index (χ2n) is 2.96. The molecule has 0 aromatic carbocycles. The summed E-state index contributed by atoms with van der Waals surface area (Å²) in [4.78, 5) is 0. The Balaban J connectivity index is 2.17. The van der Waals surface area contributed by atoms with Crippen LogP contribution in [0.1, 0.15) is 5.01 Å². The van der Waals surface area contributed by atoms with Crippen molar-refractivity contribution >= 4 is 27.3 Å². The number of rotatable bonds is 4. The average Bonchev–Trinajstić information content (AvgIpc) is 2.83. The van der Waals surface area contributed by atoms with Gasteiger partial charge in [0.05, 0.1) is 11.8 Å². The standard InChI is InChI=1S/C9H10BrN3OS/c1-11-4-2-7-12-13-9(15-7)6-3-5-14-8(6)10/h3,5,11H,2,4H2,1H3. The molecule has 0 radical (unpaired) electrons. The molecule has 2 aromatic rings. The van der Waals surface area contributed by atoms with Crippen LogP contribution in [0.3, 0.4) is 0 Å². The maximum atomic E-state index is 5.15. The summed E-state index contributed by atoms with van der Waals surface area (Å²) in [6.07, 6.45) is 2.54. The molecule has 0 saturated heterocycles. The molecule has 0 fully saturated rings. The fraction of sp³-hybridized carbons (Fsp3) is 0.333. The van der Waals surface area contributed by atoms with E-state index in [0.717, 1.165) is 28.5 Å². The molecule has 0 amide bonds. The van der Waals surface area contributed by atoms with Gasteiger partial charge < -0.3 is 9.73 Å². The Morgan fingerprint density at radius 2 is 2.40 bits per heavy atom. The van der Waals surface area contributed by atoms with Crippen molar-refractivity contribution in [3.05, 3.63) is 22.0 Å². The van der Waals surface area contributed by atoms with Crippen molar-refractivity contribution in [3.8, 4) is 10.6 Å². The maximum absolute atomic E-state index is 5.15. The van der Waals surface area contributed by atoms with Gasteiger partial charge in [0.1, 0.15) is 5.01 Å². The van der Waals surface area contributed by atoms with Crippen LogP contribution >= 0.6 is 27.3 Å². The van der Waals surface area contributed by atoms with Crippen molar-refractivity contribution < 1.29 is 4.42 Å². The first-order chi connectivity index (χ1) is 7.31. The number of halogens is 1. The van der Waals surface area contributed by atoms with Crippen LogP contribution in [0, 0.1) is 0 Å². The quantitative estimate of drug-likeness (QED) is 0.938. The molecule has 0 bridgehead atoms. The van der Waals surface area contributed by atoms with Gasteiger partial charge in [-0.05, 0) is 29.0 Å². The summed E-state index contributed by atoms with van der Waals surface area (Å²) in [6.45, 7) is 0.918. The normalized spacial score (nSPS) is 10.8. The molecule has 2 heterocycles. The number of hydrogen-bond donors (Lipinski definition) is 1.